The maximum Gasteiger partial charge on any atom is 0.227 e. The van der Waals surface area contributed by atoms with Gasteiger partial charge in [-0.3, -0.25) is 9.59 Å². The summed E-state index contributed by atoms with van der Waals surface area (Å²) in [6.45, 7) is 6.32. The minimum absolute atomic E-state index is 0.0705. The highest BCUT2D eigenvalue weighted by Crippen LogP contribution is 2.31. The summed E-state index contributed by atoms with van der Waals surface area (Å²) < 4.78 is 0. The average molecular weight is 224 g/mol. The van der Waals surface area contributed by atoms with Crippen molar-refractivity contribution in [2.24, 2.45) is 17.8 Å². The highest BCUT2D eigenvalue weighted by Gasteiger charge is 2.45. The maximum atomic E-state index is 11.9. The molecule has 2 fully saturated rings. The average Bonchev–Trinajstić information content (AvgIpc) is 2.68. The van der Waals surface area contributed by atoms with Gasteiger partial charge in [0.2, 0.25) is 11.8 Å². The lowest BCUT2D eigenvalue weighted by Gasteiger charge is -2.20. The van der Waals surface area contributed by atoms with Gasteiger partial charge in [-0.1, -0.05) is 13.8 Å². The number of likely N-dealkylation sites (tertiary alicyclic amines) is 2. The number of fused-ring (bicyclic) bond motifs is 1. The van der Waals surface area contributed by atoms with Crippen molar-refractivity contribution in [1.82, 2.24) is 9.80 Å². The van der Waals surface area contributed by atoms with E-state index in [1.165, 1.54) is 0 Å². The van der Waals surface area contributed by atoms with E-state index in [9.17, 15) is 9.59 Å². The second kappa shape index (κ2) is 4.07. The minimum atomic E-state index is 0.0705. The van der Waals surface area contributed by atoms with Crippen LogP contribution in [-0.4, -0.2) is 48.3 Å². The fraction of sp³-hybridized carbons (Fsp3) is 0.833. The van der Waals surface area contributed by atoms with Crippen molar-refractivity contribution >= 4 is 11.8 Å². The zero-order chi connectivity index (χ0) is 11.9. The number of hydrogen-bond donors (Lipinski definition) is 0. The van der Waals surface area contributed by atoms with E-state index in [1.54, 1.807) is 4.90 Å². The molecule has 2 aliphatic rings. The second-order valence-corrected chi connectivity index (χ2v) is 5.48. The first-order chi connectivity index (χ1) is 7.49. The molecule has 0 aromatic carbocycles. The molecule has 2 amide bonds. The van der Waals surface area contributed by atoms with Crippen molar-refractivity contribution < 1.29 is 9.59 Å². The van der Waals surface area contributed by atoms with Crippen LogP contribution < -0.4 is 0 Å². The Bertz CT molecular complexity index is 314. The van der Waals surface area contributed by atoms with Crippen LogP contribution in [0.5, 0.6) is 0 Å². The summed E-state index contributed by atoms with van der Waals surface area (Å²) in [6, 6.07) is 0. The SMILES string of the molecule is CC(C)CC(=O)N1C[C@H]2CN(C)C(=O)[C@H]2C1. The zero-order valence-corrected chi connectivity index (χ0v) is 10.3. The van der Waals surface area contributed by atoms with Gasteiger partial charge in [0.25, 0.3) is 0 Å². The number of carbonyl (C=O) groups excluding carboxylic acids is 2. The van der Waals surface area contributed by atoms with Crippen molar-refractivity contribution in [3.8, 4) is 0 Å². The van der Waals surface area contributed by atoms with E-state index < -0.39 is 0 Å². The molecular formula is C12H20N2O2. The number of rotatable bonds is 2. The Labute approximate surface area is 96.6 Å². The molecule has 2 saturated heterocycles. The third-order valence-electron chi connectivity index (χ3n) is 3.58. The zero-order valence-electron chi connectivity index (χ0n) is 10.3. The van der Waals surface area contributed by atoms with Crippen LogP contribution in [0, 0.1) is 17.8 Å². The van der Waals surface area contributed by atoms with E-state index in [1.807, 2.05) is 25.8 Å². The van der Waals surface area contributed by atoms with Crippen molar-refractivity contribution in [3.63, 3.8) is 0 Å². The van der Waals surface area contributed by atoms with Gasteiger partial charge in [-0.25, -0.2) is 0 Å². The maximum absolute atomic E-state index is 11.9. The fourth-order valence-corrected chi connectivity index (χ4v) is 2.74. The molecule has 0 aromatic heterocycles. The van der Waals surface area contributed by atoms with Crippen LogP contribution >= 0.6 is 0 Å². The van der Waals surface area contributed by atoms with Gasteiger partial charge in [0.05, 0.1) is 5.92 Å². The van der Waals surface area contributed by atoms with E-state index in [0.29, 0.717) is 24.8 Å². The van der Waals surface area contributed by atoms with Crippen LogP contribution in [0.1, 0.15) is 20.3 Å². The molecule has 0 bridgehead atoms. The molecule has 0 radical (unpaired) electrons. The van der Waals surface area contributed by atoms with E-state index in [4.69, 9.17) is 0 Å². The van der Waals surface area contributed by atoms with Gasteiger partial charge in [-0.15, -0.1) is 0 Å². The number of hydrogen-bond acceptors (Lipinski definition) is 2. The molecule has 0 aromatic rings. The van der Waals surface area contributed by atoms with Gasteiger partial charge < -0.3 is 9.80 Å². The predicted molar refractivity (Wildman–Crippen MR) is 60.7 cm³/mol. The highest BCUT2D eigenvalue weighted by molar-refractivity contribution is 5.84. The molecule has 2 heterocycles. The lowest BCUT2D eigenvalue weighted by atomic mass is 10.0. The summed E-state index contributed by atoms with van der Waals surface area (Å²) in [7, 11) is 1.85. The third kappa shape index (κ3) is 1.93. The molecule has 2 rings (SSSR count). The van der Waals surface area contributed by atoms with Crippen LogP contribution in [-0.2, 0) is 9.59 Å². The summed E-state index contributed by atoms with van der Waals surface area (Å²) in [5.41, 5.74) is 0. The van der Waals surface area contributed by atoms with Crippen LogP contribution in [0.3, 0.4) is 0 Å². The van der Waals surface area contributed by atoms with Gasteiger partial charge in [-0.2, -0.15) is 0 Å². The van der Waals surface area contributed by atoms with E-state index in [-0.39, 0.29) is 17.7 Å². The molecule has 4 heteroatoms. The molecule has 16 heavy (non-hydrogen) atoms. The Balaban J connectivity index is 1.95. The second-order valence-electron chi connectivity index (χ2n) is 5.48. The topological polar surface area (TPSA) is 40.6 Å². The number of carbonyl (C=O) groups is 2. The van der Waals surface area contributed by atoms with Crippen molar-refractivity contribution in [2.45, 2.75) is 20.3 Å². The van der Waals surface area contributed by atoms with E-state index >= 15 is 0 Å². The Kier molecular flexibility index (Phi) is 2.91. The van der Waals surface area contributed by atoms with Gasteiger partial charge in [0, 0.05) is 39.0 Å². The van der Waals surface area contributed by atoms with Crippen LogP contribution in [0.25, 0.3) is 0 Å². The summed E-state index contributed by atoms with van der Waals surface area (Å²) >= 11 is 0. The predicted octanol–water partition coefficient (Wildman–Crippen LogP) is 0.579. The van der Waals surface area contributed by atoms with E-state index in [2.05, 4.69) is 0 Å². The first-order valence-electron chi connectivity index (χ1n) is 6.01. The standard InChI is InChI=1S/C12H20N2O2/c1-8(2)4-11(15)14-6-9-5-13(3)12(16)10(9)7-14/h8-10H,4-7H2,1-3H3/t9-,10+/m1/s1. The molecule has 0 saturated carbocycles. The van der Waals surface area contributed by atoms with Crippen LogP contribution in [0.2, 0.25) is 0 Å². The summed E-state index contributed by atoms with van der Waals surface area (Å²) in [5, 5.41) is 0. The van der Waals surface area contributed by atoms with Gasteiger partial charge in [-0.05, 0) is 5.92 Å². The van der Waals surface area contributed by atoms with Crippen molar-refractivity contribution in [3.05, 3.63) is 0 Å². The van der Waals surface area contributed by atoms with Crippen LogP contribution in [0.4, 0.5) is 0 Å². The Morgan fingerprint density at radius 3 is 2.62 bits per heavy atom. The summed E-state index contributed by atoms with van der Waals surface area (Å²) in [5.74, 6) is 1.26. The number of nitrogens with zero attached hydrogens (tertiary/aromatic N) is 2. The van der Waals surface area contributed by atoms with Crippen LogP contribution in [0.15, 0.2) is 0 Å². The van der Waals surface area contributed by atoms with Gasteiger partial charge in [0.1, 0.15) is 0 Å². The van der Waals surface area contributed by atoms with Gasteiger partial charge in [0.15, 0.2) is 0 Å². The molecule has 2 aliphatic heterocycles. The molecule has 0 aliphatic carbocycles. The molecule has 4 nitrogen and oxygen atoms in total. The molecule has 2 atom stereocenters. The summed E-state index contributed by atoms with van der Waals surface area (Å²) in [6.07, 6.45) is 0.601. The number of amides is 2. The van der Waals surface area contributed by atoms with Gasteiger partial charge >= 0.3 is 0 Å². The smallest absolute Gasteiger partial charge is 0.227 e. The first-order valence-corrected chi connectivity index (χ1v) is 6.01. The van der Waals surface area contributed by atoms with Crippen molar-refractivity contribution in [1.29, 1.82) is 0 Å². The lowest BCUT2D eigenvalue weighted by molar-refractivity contribution is -0.133. The van der Waals surface area contributed by atoms with Crippen molar-refractivity contribution in [2.75, 3.05) is 26.7 Å². The molecule has 0 N–H and O–H groups in total. The van der Waals surface area contributed by atoms with E-state index in [0.717, 1.165) is 13.1 Å². The Hall–Kier alpha value is -1.06. The Morgan fingerprint density at radius 2 is 2.06 bits per heavy atom. The minimum Gasteiger partial charge on any atom is -0.345 e. The summed E-state index contributed by atoms with van der Waals surface area (Å²) in [4.78, 5) is 27.3. The molecule has 0 spiro atoms. The molecule has 90 valence electrons. The monoisotopic (exact) mass is 224 g/mol. The third-order valence-corrected chi connectivity index (χ3v) is 3.58. The fourth-order valence-electron chi connectivity index (χ4n) is 2.74. The molecular weight excluding hydrogens is 204 g/mol. The molecule has 0 unspecified atom stereocenters. The normalized spacial score (nSPS) is 29.1. The quantitative estimate of drug-likeness (QED) is 0.688. The lowest BCUT2D eigenvalue weighted by Crippen LogP contribution is -2.34. The first kappa shape index (κ1) is 11.4. The highest BCUT2D eigenvalue weighted by atomic mass is 16.2. The largest absolute Gasteiger partial charge is 0.345 e. The Morgan fingerprint density at radius 1 is 1.38 bits per heavy atom.